The molecule has 0 aliphatic carbocycles. The number of nitrogens with two attached hydrogens (primary N) is 1. The van der Waals surface area contributed by atoms with Gasteiger partial charge in [-0.15, -0.1) is 0 Å². The van der Waals surface area contributed by atoms with Crippen LogP contribution in [0.3, 0.4) is 0 Å². The van der Waals surface area contributed by atoms with Crippen molar-refractivity contribution in [1.82, 2.24) is 0 Å². The van der Waals surface area contributed by atoms with Crippen LogP contribution < -0.4 is 15.2 Å². The Labute approximate surface area is 137 Å². The van der Waals surface area contributed by atoms with Crippen molar-refractivity contribution in [2.75, 3.05) is 20.3 Å². The zero-order valence-electron chi connectivity index (χ0n) is 13.7. The number of hydrogen-bond donors (Lipinski definition) is 1. The Morgan fingerprint density at radius 3 is 2.65 bits per heavy atom. The minimum absolute atomic E-state index is 0.147. The lowest BCUT2D eigenvalue weighted by Crippen LogP contribution is -2.14. The van der Waals surface area contributed by atoms with E-state index in [4.69, 9.17) is 15.2 Å². The van der Waals surface area contributed by atoms with Gasteiger partial charge in [-0.2, -0.15) is 0 Å². The summed E-state index contributed by atoms with van der Waals surface area (Å²) in [6, 6.07) is 12.5. The summed E-state index contributed by atoms with van der Waals surface area (Å²) in [7, 11) is 1.63. The standard InChI is InChI=1S/C19H24FNO2/c1-14-8-9-18(19(11-14)22-2)23-10-4-6-16(13-21)15-5-3-7-17(20)12-15/h3,5,7-9,11-12,16H,4,6,10,13,21H2,1-2H3. The van der Waals surface area contributed by atoms with Gasteiger partial charge < -0.3 is 15.2 Å². The normalized spacial score (nSPS) is 12.0. The summed E-state index contributed by atoms with van der Waals surface area (Å²) < 4.78 is 24.4. The van der Waals surface area contributed by atoms with Crippen LogP contribution in [-0.4, -0.2) is 20.3 Å². The second-order valence-electron chi connectivity index (χ2n) is 5.63. The van der Waals surface area contributed by atoms with Gasteiger partial charge in [-0.1, -0.05) is 18.2 Å². The number of rotatable bonds is 8. The lowest BCUT2D eigenvalue weighted by molar-refractivity contribution is 0.282. The summed E-state index contributed by atoms with van der Waals surface area (Å²) in [5.41, 5.74) is 7.90. The first-order chi connectivity index (χ1) is 11.1. The predicted molar refractivity (Wildman–Crippen MR) is 90.7 cm³/mol. The lowest BCUT2D eigenvalue weighted by Gasteiger charge is -2.16. The molecule has 0 heterocycles. The molecule has 0 amide bonds. The fourth-order valence-corrected chi connectivity index (χ4v) is 2.59. The van der Waals surface area contributed by atoms with Gasteiger partial charge >= 0.3 is 0 Å². The van der Waals surface area contributed by atoms with Crippen LogP contribution in [0, 0.1) is 12.7 Å². The topological polar surface area (TPSA) is 44.5 Å². The summed E-state index contributed by atoms with van der Waals surface area (Å²) in [4.78, 5) is 0. The van der Waals surface area contributed by atoms with E-state index in [1.54, 1.807) is 19.2 Å². The smallest absolute Gasteiger partial charge is 0.161 e. The monoisotopic (exact) mass is 317 g/mol. The first kappa shape index (κ1) is 17.3. The average Bonchev–Trinajstić information content (AvgIpc) is 2.56. The van der Waals surface area contributed by atoms with Gasteiger partial charge in [0.05, 0.1) is 13.7 Å². The second-order valence-corrected chi connectivity index (χ2v) is 5.63. The van der Waals surface area contributed by atoms with Gasteiger partial charge in [0.25, 0.3) is 0 Å². The minimum Gasteiger partial charge on any atom is -0.493 e. The van der Waals surface area contributed by atoms with Crippen LogP contribution >= 0.6 is 0 Å². The van der Waals surface area contributed by atoms with E-state index in [0.29, 0.717) is 13.2 Å². The van der Waals surface area contributed by atoms with E-state index >= 15 is 0 Å². The second kappa shape index (κ2) is 8.53. The maximum Gasteiger partial charge on any atom is 0.161 e. The van der Waals surface area contributed by atoms with Gasteiger partial charge in [-0.25, -0.2) is 4.39 Å². The third kappa shape index (κ3) is 4.96. The quantitative estimate of drug-likeness (QED) is 0.747. The molecule has 0 saturated carbocycles. The molecule has 2 rings (SSSR count). The summed E-state index contributed by atoms with van der Waals surface area (Å²) in [6.45, 7) is 3.08. The first-order valence-corrected chi connectivity index (χ1v) is 7.87. The molecular formula is C19H24FNO2. The van der Waals surface area contributed by atoms with E-state index in [0.717, 1.165) is 35.5 Å². The Balaban J connectivity index is 1.87. The molecule has 0 radical (unpaired) electrons. The van der Waals surface area contributed by atoms with E-state index in [-0.39, 0.29) is 11.7 Å². The number of hydrogen-bond acceptors (Lipinski definition) is 3. The molecule has 4 heteroatoms. The number of ether oxygens (including phenoxy) is 2. The van der Waals surface area contributed by atoms with Crippen molar-refractivity contribution < 1.29 is 13.9 Å². The molecule has 0 fully saturated rings. The Morgan fingerprint density at radius 1 is 1.13 bits per heavy atom. The molecule has 23 heavy (non-hydrogen) atoms. The molecule has 0 aromatic heterocycles. The highest BCUT2D eigenvalue weighted by molar-refractivity contribution is 5.42. The van der Waals surface area contributed by atoms with Crippen molar-refractivity contribution in [3.63, 3.8) is 0 Å². The third-order valence-electron chi connectivity index (χ3n) is 3.88. The highest BCUT2D eigenvalue weighted by Gasteiger charge is 2.11. The molecular weight excluding hydrogens is 293 g/mol. The fraction of sp³-hybridized carbons (Fsp3) is 0.368. The number of aryl methyl sites for hydroxylation is 1. The molecule has 0 spiro atoms. The first-order valence-electron chi connectivity index (χ1n) is 7.87. The van der Waals surface area contributed by atoms with E-state index in [2.05, 4.69) is 0 Å². The summed E-state index contributed by atoms with van der Waals surface area (Å²) in [5.74, 6) is 1.41. The predicted octanol–water partition coefficient (Wildman–Crippen LogP) is 4.04. The molecule has 1 atom stereocenters. The fourth-order valence-electron chi connectivity index (χ4n) is 2.59. The van der Waals surface area contributed by atoms with Crippen LogP contribution in [0.2, 0.25) is 0 Å². The van der Waals surface area contributed by atoms with Crippen LogP contribution in [0.15, 0.2) is 42.5 Å². The van der Waals surface area contributed by atoms with Gasteiger partial charge in [0.1, 0.15) is 5.82 Å². The summed E-state index contributed by atoms with van der Waals surface area (Å²) in [5, 5.41) is 0. The molecule has 0 bridgehead atoms. The highest BCUT2D eigenvalue weighted by Crippen LogP contribution is 2.28. The van der Waals surface area contributed by atoms with Gasteiger partial charge in [0.2, 0.25) is 0 Å². The van der Waals surface area contributed by atoms with Gasteiger partial charge in [0, 0.05) is 0 Å². The van der Waals surface area contributed by atoms with Crippen molar-refractivity contribution in [2.24, 2.45) is 5.73 Å². The van der Waals surface area contributed by atoms with Crippen LogP contribution in [-0.2, 0) is 0 Å². The van der Waals surface area contributed by atoms with Gasteiger partial charge in [0.15, 0.2) is 11.5 Å². The molecule has 2 aromatic carbocycles. The minimum atomic E-state index is -0.221. The van der Waals surface area contributed by atoms with Crippen molar-refractivity contribution in [3.8, 4) is 11.5 Å². The van der Waals surface area contributed by atoms with Crippen molar-refractivity contribution >= 4 is 0 Å². The lowest BCUT2D eigenvalue weighted by atomic mass is 9.94. The molecule has 124 valence electrons. The largest absolute Gasteiger partial charge is 0.493 e. The molecule has 2 aromatic rings. The Kier molecular flexibility index (Phi) is 6.41. The highest BCUT2D eigenvalue weighted by atomic mass is 19.1. The number of halogens is 1. The molecule has 0 aliphatic rings. The third-order valence-corrected chi connectivity index (χ3v) is 3.88. The average molecular weight is 317 g/mol. The van der Waals surface area contributed by atoms with E-state index in [9.17, 15) is 4.39 Å². The maximum absolute atomic E-state index is 13.3. The van der Waals surface area contributed by atoms with Crippen LogP contribution in [0.5, 0.6) is 11.5 Å². The van der Waals surface area contributed by atoms with Crippen molar-refractivity contribution in [2.45, 2.75) is 25.7 Å². The van der Waals surface area contributed by atoms with E-state index < -0.39 is 0 Å². The zero-order chi connectivity index (χ0) is 16.7. The van der Waals surface area contributed by atoms with Crippen LogP contribution in [0.25, 0.3) is 0 Å². The van der Waals surface area contributed by atoms with Crippen molar-refractivity contribution in [3.05, 3.63) is 59.4 Å². The van der Waals surface area contributed by atoms with Crippen LogP contribution in [0.4, 0.5) is 4.39 Å². The van der Waals surface area contributed by atoms with Crippen molar-refractivity contribution in [1.29, 1.82) is 0 Å². The van der Waals surface area contributed by atoms with Gasteiger partial charge in [-0.3, -0.25) is 0 Å². The summed E-state index contributed by atoms with van der Waals surface area (Å²) >= 11 is 0. The molecule has 1 unspecified atom stereocenters. The van der Waals surface area contributed by atoms with E-state index in [1.165, 1.54) is 6.07 Å². The SMILES string of the molecule is COc1cc(C)ccc1OCCCC(CN)c1cccc(F)c1. The maximum atomic E-state index is 13.3. The Morgan fingerprint density at radius 2 is 1.96 bits per heavy atom. The number of benzene rings is 2. The van der Waals surface area contributed by atoms with Crippen LogP contribution in [0.1, 0.15) is 29.9 Å². The molecule has 2 N–H and O–H groups in total. The zero-order valence-corrected chi connectivity index (χ0v) is 13.7. The van der Waals surface area contributed by atoms with E-state index in [1.807, 2.05) is 31.2 Å². The molecule has 3 nitrogen and oxygen atoms in total. The van der Waals surface area contributed by atoms with Gasteiger partial charge in [-0.05, 0) is 67.6 Å². The summed E-state index contributed by atoms with van der Waals surface area (Å²) in [6.07, 6.45) is 1.70. The molecule has 0 saturated heterocycles. The Hall–Kier alpha value is -2.07. The molecule has 0 aliphatic heterocycles. The number of methoxy groups -OCH3 is 1. The Bertz CT molecular complexity index is 631.